The maximum atomic E-state index is 5.84. The maximum Gasteiger partial charge on any atom is 0.186 e. The van der Waals surface area contributed by atoms with Crippen molar-refractivity contribution < 1.29 is 0 Å². The molecule has 1 aromatic heterocycles. The van der Waals surface area contributed by atoms with E-state index in [9.17, 15) is 0 Å². The molecule has 2 N–H and O–H groups in total. The van der Waals surface area contributed by atoms with Crippen LogP contribution in [0.1, 0.15) is 32.0 Å². The third kappa shape index (κ3) is 3.47. The van der Waals surface area contributed by atoms with Crippen LogP contribution in [0.15, 0.2) is 29.6 Å². The summed E-state index contributed by atoms with van der Waals surface area (Å²) in [6.07, 6.45) is 0.987. The van der Waals surface area contributed by atoms with Gasteiger partial charge in [-0.25, -0.2) is 4.98 Å². The summed E-state index contributed by atoms with van der Waals surface area (Å²) in [6.45, 7) is 7.37. The highest BCUT2D eigenvalue weighted by atomic mass is 32.1. The molecule has 0 bridgehead atoms. The zero-order valence-corrected chi connectivity index (χ0v) is 12.6. The molecule has 102 valence electrons. The Kier molecular flexibility index (Phi) is 4.43. The summed E-state index contributed by atoms with van der Waals surface area (Å²) in [4.78, 5) is 7.00. The van der Waals surface area contributed by atoms with E-state index in [0.717, 1.165) is 23.8 Å². The highest BCUT2D eigenvalue weighted by molar-refractivity contribution is 7.13. The van der Waals surface area contributed by atoms with E-state index >= 15 is 0 Å². The molecule has 0 saturated carbocycles. The normalized spacial score (nSPS) is 10.9. The number of aryl methyl sites for hydroxylation is 1. The molecule has 0 fully saturated rings. The molecule has 4 heteroatoms. The van der Waals surface area contributed by atoms with E-state index in [1.165, 1.54) is 11.3 Å². The first-order valence-corrected chi connectivity index (χ1v) is 7.53. The molecule has 2 aromatic rings. The molecular weight excluding hydrogens is 254 g/mol. The number of rotatable bonds is 5. The van der Waals surface area contributed by atoms with Gasteiger partial charge in [-0.05, 0) is 38.0 Å². The molecule has 0 amide bonds. The van der Waals surface area contributed by atoms with Crippen LogP contribution in [-0.2, 0) is 13.0 Å². The van der Waals surface area contributed by atoms with Crippen LogP contribution in [0.25, 0.3) is 0 Å². The Labute approximate surface area is 119 Å². The Morgan fingerprint density at radius 2 is 2.16 bits per heavy atom. The maximum absolute atomic E-state index is 5.84. The number of thiazole rings is 1. The molecule has 0 radical (unpaired) electrons. The summed E-state index contributed by atoms with van der Waals surface area (Å²) in [5, 5.41) is 3.23. The molecule has 0 aliphatic carbocycles. The topological polar surface area (TPSA) is 42.1 Å². The van der Waals surface area contributed by atoms with Crippen LogP contribution < -0.4 is 10.6 Å². The molecule has 1 aromatic carbocycles. The third-order valence-electron chi connectivity index (χ3n) is 3.07. The number of hydrogen-bond acceptors (Lipinski definition) is 4. The second kappa shape index (κ2) is 6.06. The van der Waals surface area contributed by atoms with Crippen LogP contribution in [0.4, 0.5) is 10.8 Å². The number of nitrogens with two attached hydrogens (primary N) is 1. The van der Waals surface area contributed by atoms with E-state index < -0.39 is 0 Å². The van der Waals surface area contributed by atoms with E-state index in [2.05, 4.69) is 42.1 Å². The molecule has 19 heavy (non-hydrogen) atoms. The molecule has 3 nitrogen and oxygen atoms in total. The number of aromatic nitrogens is 1. The molecule has 0 aliphatic rings. The Bertz CT molecular complexity index is 534. The Hall–Kier alpha value is -1.55. The van der Waals surface area contributed by atoms with Gasteiger partial charge in [0.05, 0.1) is 5.69 Å². The SMILES string of the molecule is CCc1csc(N(Cc2cccc(N)c2)C(C)C)n1. The summed E-state index contributed by atoms with van der Waals surface area (Å²) in [6, 6.07) is 8.48. The molecular formula is C15H21N3S. The van der Waals surface area contributed by atoms with Crippen LogP contribution in [0.5, 0.6) is 0 Å². The Morgan fingerprint density at radius 3 is 2.74 bits per heavy atom. The first-order chi connectivity index (χ1) is 9.10. The first-order valence-electron chi connectivity index (χ1n) is 6.65. The van der Waals surface area contributed by atoms with Crippen molar-refractivity contribution in [2.75, 3.05) is 10.6 Å². The number of nitrogen functional groups attached to an aromatic ring is 1. The van der Waals surface area contributed by atoms with Gasteiger partial charge in [0, 0.05) is 23.7 Å². The zero-order chi connectivity index (χ0) is 13.8. The van der Waals surface area contributed by atoms with Crippen molar-refractivity contribution in [1.82, 2.24) is 4.98 Å². The zero-order valence-electron chi connectivity index (χ0n) is 11.8. The lowest BCUT2D eigenvalue weighted by molar-refractivity contribution is 0.679. The quantitative estimate of drug-likeness (QED) is 0.846. The molecule has 2 rings (SSSR count). The number of benzene rings is 1. The summed E-state index contributed by atoms with van der Waals surface area (Å²) in [5.74, 6) is 0. The van der Waals surface area contributed by atoms with Crippen molar-refractivity contribution >= 4 is 22.2 Å². The molecule has 0 unspecified atom stereocenters. The van der Waals surface area contributed by atoms with E-state index in [1.807, 2.05) is 18.2 Å². The van der Waals surface area contributed by atoms with Crippen molar-refractivity contribution in [1.29, 1.82) is 0 Å². The Morgan fingerprint density at radius 1 is 1.37 bits per heavy atom. The summed E-state index contributed by atoms with van der Waals surface area (Å²) in [5.41, 5.74) is 9.05. The molecule has 0 spiro atoms. The Balaban J connectivity index is 2.21. The number of anilines is 2. The van der Waals surface area contributed by atoms with Crippen LogP contribution in [0.2, 0.25) is 0 Å². The summed E-state index contributed by atoms with van der Waals surface area (Å²) < 4.78 is 0. The smallest absolute Gasteiger partial charge is 0.186 e. The monoisotopic (exact) mass is 275 g/mol. The van der Waals surface area contributed by atoms with Gasteiger partial charge in [-0.15, -0.1) is 11.3 Å². The largest absolute Gasteiger partial charge is 0.399 e. The van der Waals surface area contributed by atoms with Crippen molar-refractivity contribution in [2.45, 2.75) is 39.8 Å². The van der Waals surface area contributed by atoms with Gasteiger partial charge in [0.15, 0.2) is 5.13 Å². The van der Waals surface area contributed by atoms with Gasteiger partial charge in [-0.2, -0.15) is 0 Å². The lowest BCUT2D eigenvalue weighted by Gasteiger charge is -2.26. The van der Waals surface area contributed by atoms with Gasteiger partial charge >= 0.3 is 0 Å². The highest BCUT2D eigenvalue weighted by Crippen LogP contribution is 2.25. The van der Waals surface area contributed by atoms with E-state index in [-0.39, 0.29) is 0 Å². The van der Waals surface area contributed by atoms with Gasteiger partial charge in [-0.3, -0.25) is 0 Å². The average Bonchev–Trinajstić information content (AvgIpc) is 2.84. The van der Waals surface area contributed by atoms with Crippen LogP contribution in [0, 0.1) is 0 Å². The molecule has 0 atom stereocenters. The van der Waals surface area contributed by atoms with Crippen molar-refractivity contribution in [3.8, 4) is 0 Å². The van der Waals surface area contributed by atoms with Crippen LogP contribution in [0.3, 0.4) is 0 Å². The van der Waals surface area contributed by atoms with E-state index in [1.54, 1.807) is 11.3 Å². The average molecular weight is 275 g/mol. The second-order valence-corrected chi connectivity index (χ2v) is 5.78. The van der Waals surface area contributed by atoms with E-state index in [0.29, 0.717) is 6.04 Å². The minimum Gasteiger partial charge on any atom is -0.399 e. The van der Waals surface area contributed by atoms with Crippen LogP contribution >= 0.6 is 11.3 Å². The highest BCUT2D eigenvalue weighted by Gasteiger charge is 2.14. The molecule has 0 saturated heterocycles. The predicted octanol–water partition coefficient (Wildman–Crippen LogP) is 3.70. The lowest BCUT2D eigenvalue weighted by Crippen LogP contribution is -2.30. The predicted molar refractivity (Wildman–Crippen MR) is 83.7 cm³/mol. The lowest BCUT2D eigenvalue weighted by atomic mass is 10.2. The van der Waals surface area contributed by atoms with Gasteiger partial charge in [-0.1, -0.05) is 19.1 Å². The molecule has 1 heterocycles. The molecule has 0 aliphatic heterocycles. The van der Waals surface area contributed by atoms with Crippen molar-refractivity contribution in [3.63, 3.8) is 0 Å². The van der Waals surface area contributed by atoms with Gasteiger partial charge in [0.25, 0.3) is 0 Å². The third-order valence-corrected chi connectivity index (χ3v) is 4.00. The first kappa shape index (κ1) is 13.9. The minimum atomic E-state index is 0.414. The fourth-order valence-corrected chi connectivity index (χ4v) is 2.99. The summed E-state index contributed by atoms with van der Waals surface area (Å²) in [7, 11) is 0. The second-order valence-electron chi connectivity index (χ2n) is 4.94. The number of hydrogen-bond donors (Lipinski definition) is 1. The van der Waals surface area contributed by atoms with Crippen LogP contribution in [-0.4, -0.2) is 11.0 Å². The van der Waals surface area contributed by atoms with Crippen molar-refractivity contribution in [3.05, 3.63) is 40.9 Å². The minimum absolute atomic E-state index is 0.414. The summed E-state index contributed by atoms with van der Waals surface area (Å²) >= 11 is 1.72. The van der Waals surface area contributed by atoms with Gasteiger partial charge in [0.1, 0.15) is 0 Å². The van der Waals surface area contributed by atoms with Gasteiger partial charge < -0.3 is 10.6 Å². The van der Waals surface area contributed by atoms with Crippen molar-refractivity contribution in [2.24, 2.45) is 0 Å². The van der Waals surface area contributed by atoms with E-state index in [4.69, 9.17) is 5.73 Å². The standard InChI is InChI=1S/C15H21N3S/c1-4-14-10-19-15(17-14)18(11(2)3)9-12-6-5-7-13(16)8-12/h5-8,10-11H,4,9,16H2,1-3H3. The fourth-order valence-electron chi connectivity index (χ4n) is 1.95. The fraction of sp³-hybridized carbons (Fsp3) is 0.400. The number of nitrogens with zero attached hydrogens (tertiary/aromatic N) is 2. The van der Waals surface area contributed by atoms with Gasteiger partial charge in [0.2, 0.25) is 0 Å².